The van der Waals surface area contributed by atoms with E-state index in [2.05, 4.69) is 5.16 Å². The van der Waals surface area contributed by atoms with Gasteiger partial charge in [0.15, 0.2) is 11.6 Å². The molecule has 4 nitrogen and oxygen atoms in total. The van der Waals surface area contributed by atoms with Gasteiger partial charge in [-0.05, 0) is 18.2 Å². The molecular weight excluding hydrogens is 276 g/mol. The van der Waals surface area contributed by atoms with Crippen LogP contribution in [0.4, 0.5) is 5.82 Å². The molecule has 0 atom stereocenters. The number of aromatic nitrogens is 1. The van der Waals surface area contributed by atoms with E-state index in [1.54, 1.807) is 6.07 Å². The Balaban J connectivity index is 2.17. The van der Waals surface area contributed by atoms with Gasteiger partial charge < -0.3 is 14.7 Å². The topological polar surface area (TPSA) is 65.2 Å². The van der Waals surface area contributed by atoms with E-state index in [0.717, 1.165) is 17.7 Å². The average Bonchev–Trinajstić information content (AvgIpc) is 3.06. The number of nitrogens with zero attached hydrogens (tertiary/aromatic N) is 1. The maximum absolute atomic E-state index is 6.22. The minimum absolute atomic E-state index is 0.294. The van der Waals surface area contributed by atoms with Gasteiger partial charge in [-0.1, -0.05) is 41.9 Å². The van der Waals surface area contributed by atoms with Crippen molar-refractivity contribution in [2.24, 2.45) is 0 Å². The molecule has 0 bridgehead atoms. The average molecular weight is 289 g/mol. The highest BCUT2D eigenvalue weighted by molar-refractivity contribution is 6.33. The monoisotopic (exact) mass is 288 g/mol. The number of benzene rings is 1. The number of nitrogen functional groups attached to an aromatic ring is 1. The standard InChI is InChI=1S/C15H13ClN2O2/c1-2-9-7-8-12(19-9)14-13(15(17)18-20-14)10-5-3-4-6-11(10)16/h3-8H,2H2,1H3,(H2,17,18). The predicted molar refractivity (Wildman–Crippen MR) is 78.4 cm³/mol. The largest absolute Gasteiger partial charge is 0.458 e. The summed E-state index contributed by atoms with van der Waals surface area (Å²) in [4.78, 5) is 0. The number of anilines is 1. The smallest absolute Gasteiger partial charge is 0.212 e. The molecule has 2 aromatic heterocycles. The molecular formula is C15H13ClN2O2. The minimum atomic E-state index is 0.294. The van der Waals surface area contributed by atoms with E-state index in [4.69, 9.17) is 26.3 Å². The van der Waals surface area contributed by atoms with E-state index in [1.165, 1.54) is 0 Å². The summed E-state index contributed by atoms with van der Waals surface area (Å²) in [6.07, 6.45) is 0.811. The van der Waals surface area contributed by atoms with Crippen LogP contribution in [0.3, 0.4) is 0 Å². The first-order valence-corrected chi connectivity index (χ1v) is 6.67. The molecule has 1 aromatic carbocycles. The maximum atomic E-state index is 6.22. The van der Waals surface area contributed by atoms with Gasteiger partial charge in [-0.15, -0.1) is 0 Å². The molecule has 5 heteroatoms. The van der Waals surface area contributed by atoms with Gasteiger partial charge >= 0.3 is 0 Å². The lowest BCUT2D eigenvalue weighted by molar-refractivity contribution is 0.417. The van der Waals surface area contributed by atoms with E-state index in [9.17, 15) is 0 Å². The van der Waals surface area contributed by atoms with E-state index < -0.39 is 0 Å². The lowest BCUT2D eigenvalue weighted by atomic mass is 10.0. The quantitative estimate of drug-likeness (QED) is 0.776. The third-order valence-electron chi connectivity index (χ3n) is 3.10. The van der Waals surface area contributed by atoms with Crippen molar-refractivity contribution < 1.29 is 8.94 Å². The highest BCUT2D eigenvalue weighted by Gasteiger charge is 2.21. The van der Waals surface area contributed by atoms with Crippen molar-refractivity contribution in [2.75, 3.05) is 5.73 Å². The highest BCUT2D eigenvalue weighted by Crippen LogP contribution is 2.40. The summed E-state index contributed by atoms with van der Waals surface area (Å²) in [5, 5.41) is 4.42. The summed E-state index contributed by atoms with van der Waals surface area (Å²) in [5.74, 6) is 2.26. The van der Waals surface area contributed by atoms with Crippen molar-refractivity contribution in [1.29, 1.82) is 0 Å². The van der Waals surface area contributed by atoms with Crippen LogP contribution < -0.4 is 5.73 Å². The van der Waals surface area contributed by atoms with Crippen molar-refractivity contribution >= 4 is 17.4 Å². The molecule has 0 spiro atoms. The fraction of sp³-hybridized carbons (Fsp3) is 0.133. The normalized spacial score (nSPS) is 10.9. The van der Waals surface area contributed by atoms with E-state index in [1.807, 2.05) is 37.3 Å². The lowest BCUT2D eigenvalue weighted by Gasteiger charge is -2.03. The van der Waals surface area contributed by atoms with Crippen LogP contribution >= 0.6 is 11.6 Å². The summed E-state index contributed by atoms with van der Waals surface area (Å²) < 4.78 is 11.0. The Hall–Kier alpha value is -2.20. The van der Waals surface area contributed by atoms with Gasteiger partial charge in [0.25, 0.3) is 0 Å². The maximum Gasteiger partial charge on any atom is 0.212 e. The molecule has 0 unspecified atom stereocenters. The van der Waals surface area contributed by atoms with Crippen molar-refractivity contribution in [3.8, 4) is 22.6 Å². The van der Waals surface area contributed by atoms with Gasteiger partial charge in [-0.25, -0.2) is 0 Å². The zero-order valence-electron chi connectivity index (χ0n) is 10.9. The van der Waals surface area contributed by atoms with Gasteiger partial charge in [0.1, 0.15) is 5.76 Å². The first kappa shape index (κ1) is 12.8. The molecule has 0 radical (unpaired) electrons. The molecule has 0 aliphatic heterocycles. The van der Waals surface area contributed by atoms with Gasteiger partial charge in [0.2, 0.25) is 5.76 Å². The summed E-state index contributed by atoms with van der Waals surface area (Å²) in [6.45, 7) is 2.02. The Labute approximate surface area is 121 Å². The molecule has 0 saturated carbocycles. The SMILES string of the molecule is CCc1ccc(-c2onc(N)c2-c2ccccc2Cl)o1. The summed E-state index contributed by atoms with van der Waals surface area (Å²) >= 11 is 6.22. The molecule has 102 valence electrons. The molecule has 3 rings (SSSR count). The van der Waals surface area contributed by atoms with Crippen molar-refractivity contribution in [3.05, 3.63) is 47.2 Å². The van der Waals surface area contributed by atoms with Crippen LogP contribution in [0, 0.1) is 0 Å². The van der Waals surface area contributed by atoms with Crippen LogP contribution in [0.2, 0.25) is 5.02 Å². The van der Waals surface area contributed by atoms with Crippen LogP contribution in [0.1, 0.15) is 12.7 Å². The minimum Gasteiger partial charge on any atom is -0.458 e. The molecule has 20 heavy (non-hydrogen) atoms. The van der Waals surface area contributed by atoms with Crippen LogP contribution in [0.25, 0.3) is 22.6 Å². The summed E-state index contributed by atoms with van der Waals surface area (Å²) in [7, 11) is 0. The highest BCUT2D eigenvalue weighted by atomic mass is 35.5. The lowest BCUT2D eigenvalue weighted by Crippen LogP contribution is -1.89. The Bertz CT molecular complexity index is 746. The second-order valence-corrected chi connectivity index (χ2v) is 4.78. The molecule has 0 aliphatic carbocycles. The van der Waals surface area contributed by atoms with Crippen LogP contribution in [-0.4, -0.2) is 5.16 Å². The molecule has 0 saturated heterocycles. The Morgan fingerprint density at radius 2 is 2.00 bits per heavy atom. The van der Waals surface area contributed by atoms with Gasteiger partial charge in [0, 0.05) is 17.0 Å². The zero-order valence-corrected chi connectivity index (χ0v) is 11.6. The Morgan fingerprint density at radius 1 is 1.20 bits per heavy atom. The van der Waals surface area contributed by atoms with Crippen molar-refractivity contribution in [1.82, 2.24) is 5.16 Å². The zero-order chi connectivity index (χ0) is 14.1. The van der Waals surface area contributed by atoms with Crippen molar-refractivity contribution in [2.45, 2.75) is 13.3 Å². The van der Waals surface area contributed by atoms with E-state index in [-0.39, 0.29) is 0 Å². The predicted octanol–water partition coefficient (Wildman–Crippen LogP) is 4.40. The fourth-order valence-electron chi connectivity index (χ4n) is 2.08. The van der Waals surface area contributed by atoms with Crippen LogP contribution in [-0.2, 0) is 6.42 Å². The number of nitrogens with two attached hydrogens (primary N) is 1. The Kier molecular flexibility index (Phi) is 3.24. The molecule has 3 aromatic rings. The number of furan rings is 1. The summed E-state index contributed by atoms with van der Waals surface area (Å²) in [5.41, 5.74) is 7.35. The number of hydrogen-bond acceptors (Lipinski definition) is 4. The molecule has 0 aliphatic rings. The van der Waals surface area contributed by atoms with Crippen molar-refractivity contribution in [3.63, 3.8) is 0 Å². The first-order valence-electron chi connectivity index (χ1n) is 6.29. The summed E-state index contributed by atoms with van der Waals surface area (Å²) in [6, 6.07) is 11.2. The number of hydrogen-bond donors (Lipinski definition) is 1. The molecule has 2 N–H and O–H groups in total. The fourth-order valence-corrected chi connectivity index (χ4v) is 2.32. The van der Waals surface area contributed by atoms with Crippen LogP contribution in [0.15, 0.2) is 45.3 Å². The van der Waals surface area contributed by atoms with Crippen LogP contribution in [0.5, 0.6) is 0 Å². The van der Waals surface area contributed by atoms with E-state index >= 15 is 0 Å². The molecule has 0 fully saturated rings. The molecule has 0 amide bonds. The second-order valence-electron chi connectivity index (χ2n) is 4.37. The van der Waals surface area contributed by atoms with Gasteiger partial charge in [-0.3, -0.25) is 0 Å². The number of aryl methyl sites for hydroxylation is 1. The number of rotatable bonds is 3. The second kappa shape index (κ2) is 5.06. The van der Waals surface area contributed by atoms with E-state index in [0.29, 0.717) is 27.9 Å². The third-order valence-corrected chi connectivity index (χ3v) is 3.43. The molecule has 2 heterocycles. The third kappa shape index (κ3) is 2.08. The first-order chi connectivity index (χ1) is 9.70. The van der Waals surface area contributed by atoms with Gasteiger partial charge in [0.05, 0.1) is 5.56 Å². The van der Waals surface area contributed by atoms with Gasteiger partial charge in [-0.2, -0.15) is 0 Å². The number of halogens is 1. The Morgan fingerprint density at radius 3 is 2.70 bits per heavy atom.